The van der Waals surface area contributed by atoms with E-state index in [-0.39, 0.29) is 0 Å². The summed E-state index contributed by atoms with van der Waals surface area (Å²) in [4.78, 5) is 11.1. The van der Waals surface area contributed by atoms with Gasteiger partial charge in [-0.3, -0.25) is 0 Å². The van der Waals surface area contributed by atoms with Gasteiger partial charge in [0.05, 0.1) is 0 Å². The lowest BCUT2D eigenvalue weighted by Crippen LogP contribution is -2.36. The second kappa shape index (κ2) is 5.44. The molecule has 1 saturated heterocycles. The van der Waals surface area contributed by atoms with Crippen LogP contribution in [0.3, 0.4) is 0 Å². The van der Waals surface area contributed by atoms with Gasteiger partial charge in [-0.15, -0.1) is 0 Å². The number of hydrogen-bond acceptors (Lipinski definition) is 6. The van der Waals surface area contributed by atoms with Crippen LogP contribution >= 0.6 is 0 Å². The van der Waals surface area contributed by atoms with Gasteiger partial charge < -0.3 is 13.8 Å². The Hall–Kier alpha value is -2.37. The first kappa shape index (κ1) is 13.3. The number of hydrogen-bond donors (Lipinski definition) is 0. The summed E-state index contributed by atoms with van der Waals surface area (Å²) in [5, 5.41) is 4.00. The van der Waals surface area contributed by atoms with E-state index in [9.17, 15) is 0 Å². The molecule has 0 radical (unpaired) electrons. The molecule has 1 aromatic carbocycles. The van der Waals surface area contributed by atoms with Crippen LogP contribution in [0.4, 0.5) is 6.01 Å². The Morgan fingerprint density at radius 1 is 1.27 bits per heavy atom. The summed E-state index contributed by atoms with van der Waals surface area (Å²) in [6.45, 7) is 3.72. The summed E-state index contributed by atoms with van der Waals surface area (Å²) in [6, 6.07) is 8.60. The average molecular weight is 298 g/mol. The Kier molecular flexibility index (Phi) is 3.29. The fraction of sp³-hybridized carbons (Fsp3) is 0.438. The number of rotatable bonds is 3. The van der Waals surface area contributed by atoms with Crippen LogP contribution < -0.4 is 4.90 Å². The lowest BCUT2D eigenvalue weighted by molar-refractivity contribution is 0.364. The van der Waals surface area contributed by atoms with E-state index in [4.69, 9.17) is 8.94 Å². The minimum atomic E-state index is 0.501. The van der Waals surface area contributed by atoms with E-state index < -0.39 is 0 Å². The zero-order valence-electron chi connectivity index (χ0n) is 12.5. The highest BCUT2D eigenvalue weighted by Gasteiger charge is 2.24. The van der Waals surface area contributed by atoms with Crippen LogP contribution in [0.25, 0.3) is 11.1 Å². The molecule has 1 aliphatic rings. The molecule has 0 bridgehead atoms. The first-order valence-electron chi connectivity index (χ1n) is 7.67. The summed E-state index contributed by atoms with van der Waals surface area (Å²) in [5.41, 5.74) is 1.75. The Balaban J connectivity index is 1.50. The third-order valence-corrected chi connectivity index (χ3v) is 4.11. The zero-order valence-corrected chi connectivity index (χ0v) is 12.5. The standard InChI is InChI=1S/C16H18N4O2/c1-11-17-15(19-22-11)9-12-5-4-8-20(10-12)16-18-13-6-2-3-7-14(13)21-16/h2-3,6-7,12H,4-5,8-10H2,1H3/t12-/m1/s1. The molecular formula is C16H18N4O2. The minimum Gasteiger partial charge on any atom is -0.423 e. The molecule has 3 aromatic rings. The van der Waals surface area contributed by atoms with Crippen molar-refractivity contribution >= 4 is 17.1 Å². The number of anilines is 1. The number of benzene rings is 1. The molecule has 0 unspecified atom stereocenters. The maximum Gasteiger partial charge on any atom is 0.298 e. The Morgan fingerprint density at radius 2 is 2.18 bits per heavy atom. The van der Waals surface area contributed by atoms with E-state index in [1.807, 2.05) is 31.2 Å². The van der Waals surface area contributed by atoms with Crippen LogP contribution in [0.1, 0.15) is 24.6 Å². The molecule has 4 rings (SSSR count). The number of nitrogens with zero attached hydrogens (tertiary/aromatic N) is 4. The zero-order chi connectivity index (χ0) is 14.9. The van der Waals surface area contributed by atoms with Crippen LogP contribution in [0.2, 0.25) is 0 Å². The third-order valence-electron chi connectivity index (χ3n) is 4.11. The summed E-state index contributed by atoms with van der Waals surface area (Å²) in [7, 11) is 0. The Labute approximate surface area is 128 Å². The third kappa shape index (κ3) is 2.56. The smallest absolute Gasteiger partial charge is 0.298 e. The van der Waals surface area contributed by atoms with Gasteiger partial charge in [-0.2, -0.15) is 9.97 Å². The topological polar surface area (TPSA) is 68.2 Å². The molecule has 0 spiro atoms. The number of oxazole rings is 1. The molecule has 0 saturated carbocycles. The normalized spacial score (nSPS) is 19.0. The highest BCUT2D eigenvalue weighted by atomic mass is 16.5. The molecule has 3 heterocycles. The lowest BCUT2D eigenvalue weighted by Gasteiger charge is -2.30. The quantitative estimate of drug-likeness (QED) is 0.740. The van der Waals surface area contributed by atoms with E-state index in [0.29, 0.717) is 11.8 Å². The first-order valence-corrected chi connectivity index (χ1v) is 7.67. The van der Waals surface area contributed by atoms with Crippen LogP contribution in [-0.4, -0.2) is 28.2 Å². The number of piperidine rings is 1. The molecular weight excluding hydrogens is 280 g/mol. The van der Waals surface area contributed by atoms with Gasteiger partial charge in [-0.1, -0.05) is 17.3 Å². The molecule has 0 aliphatic carbocycles. The van der Waals surface area contributed by atoms with Crippen molar-refractivity contribution in [1.29, 1.82) is 0 Å². The summed E-state index contributed by atoms with van der Waals surface area (Å²) in [5.74, 6) is 1.92. The molecule has 0 amide bonds. The van der Waals surface area contributed by atoms with Gasteiger partial charge in [0, 0.05) is 26.4 Å². The van der Waals surface area contributed by atoms with E-state index in [1.54, 1.807) is 0 Å². The number of aromatic nitrogens is 3. The fourth-order valence-electron chi connectivity index (χ4n) is 3.08. The number of aryl methyl sites for hydroxylation is 1. The molecule has 22 heavy (non-hydrogen) atoms. The number of fused-ring (bicyclic) bond motifs is 1. The summed E-state index contributed by atoms with van der Waals surface area (Å²) in [6.07, 6.45) is 3.14. The maximum atomic E-state index is 5.88. The average Bonchev–Trinajstić information content (AvgIpc) is 3.13. The monoisotopic (exact) mass is 298 g/mol. The second-order valence-electron chi connectivity index (χ2n) is 5.85. The molecule has 6 heteroatoms. The van der Waals surface area contributed by atoms with Gasteiger partial charge in [-0.05, 0) is 30.9 Å². The molecule has 1 fully saturated rings. The van der Waals surface area contributed by atoms with Gasteiger partial charge >= 0.3 is 0 Å². The van der Waals surface area contributed by atoms with Gasteiger partial charge in [0.15, 0.2) is 11.4 Å². The largest absolute Gasteiger partial charge is 0.423 e. The van der Waals surface area contributed by atoms with Gasteiger partial charge in [-0.25, -0.2) is 0 Å². The van der Waals surface area contributed by atoms with Crippen molar-refractivity contribution in [3.8, 4) is 0 Å². The van der Waals surface area contributed by atoms with Crippen molar-refractivity contribution in [3.63, 3.8) is 0 Å². The molecule has 6 nitrogen and oxygen atoms in total. The second-order valence-corrected chi connectivity index (χ2v) is 5.85. The predicted molar refractivity (Wildman–Crippen MR) is 81.7 cm³/mol. The molecule has 1 atom stereocenters. The van der Waals surface area contributed by atoms with Crippen molar-refractivity contribution in [2.45, 2.75) is 26.2 Å². The highest BCUT2D eigenvalue weighted by Crippen LogP contribution is 2.27. The van der Waals surface area contributed by atoms with Gasteiger partial charge in [0.25, 0.3) is 6.01 Å². The molecule has 1 aliphatic heterocycles. The van der Waals surface area contributed by atoms with Crippen molar-refractivity contribution in [3.05, 3.63) is 36.0 Å². The highest BCUT2D eigenvalue weighted by molar-refractivity contribution is 5.74. The summed E-state index contributed by atoms with van der Waals surface area (Å²) < 4.78 is 10.9. The van der Waals surface area contributed by atoms with Crippen molar-refractivity contribution < 1.29 is 8.94 Å². The van der Waals surface area contributed by atoms with Crippen molar-refractivity contribution in [1.82, 2.24) is 15.1 Å². The molecule has 114 valence electrons. The Bertz CT molecular complexity index is 746. The molecule has 0 N–H and O–H groups in total. The Morgan fingerprint density at radius 3 is 3.00 bits per heavy atom. The summed E-state index contributed by atoms with van der Waals surface area (Å²) >= 11 is 0. The first-order chi connectivity index (χ1) is 10.8. The SMILES string of the molecule is Cc1nc(C[C@H]2CCCN(c3nc4ccccc4o3)C2)no1. The van der Waals surface area contributed by atoms with Gasteiger partial charge in [0.2, 0.25) is 5.89 Å². The predicted octanol–water partition coefficient (Wildman–Crippen LogP) is 2.98. The van der Waals surface area contributed by atoms with Crippen LogP contribution in [0.5, 0.6) is 0 Å². The van der Waals surface area contributed by atoms with Crippen LogP contribution in [0.15, 0.2) is 33.2 Å². The van der Waals surface area contributed by atoms with E-state index >= 15 is 0 Å². The van der Waals surface area contributed by atoms with E-state index in [0.717, 1.165) is 48.9 Å². The van der Waals surface area contributed by atoms with Crippen LogP contribution in [0, 0.1) is 12.8 Å². The van der Waals surface area contributed by atoms with Crippen LogP contribution in [-0.2, 0) is 6.42 Å². The maximum absolute atomic E-state index is 5.88. The lowest BCUT2D eigenvalue weighted by atomic mass is 9.95. The molecule has 2 aromatic heterocycles. The fourth-order valence-corrected chi connectivity index (χ4v) is 3.08. The van der Waals surface area contributed by atoms with Crippen molar-refractivity contribution in [2.24, 2.45) is 5.92 Å². The number of para-hydroxylation sites is 2. The van der Waals surface area contributed by atoms with E-state index in [2.05, 4.69) is 20.0 Å². The van der Waals surface area contributed by atoms with Crippen molar-refractivity contribution in [2.75, 3.05) is 18.0 Å². The van der Waals surface area contributed by atoms with Gasteiger partial charge in [0.1, 0.15) is 5.52 Å². The van der Waals surface area contributed by atoms with E-state index in [1.165, 1.54) is 6.42 Å². The minimum absolute atomic E-state index is 0.501.